The van der Waals surface area contributed by atoms with Gasteiger partial charge in [-0.2, -0.15) is 0 Å². The van der Waals surface area contributed by atoms with Crippen LogP contribution in [0.5, 0.6) is 0 Å². The fraction of sp³-hybridized carbons (Fsp3) is 0.222. The Balaban J connectivity index is 2.63. The van der Waals surface area contributed by atoms with Crippen molar-refractivity contribution in [3.8, 4) is 0 Å². The summed E-state index contributed by atoms with van der Waals surface area (Å²) in [6.07, 6.45) is 0. The highest BCUT2D eigenvalue weighted by atomic mass is 19.1. The summed E-state index contributed by atoms with van der Waals surface area (Å²) in [5.41, 5.74) is 0.211. The molecular formula is C9H11FN2O. The van der Waals surface area contributed by atoms with Crippen LogP contribution in [-0.2, 0) is 4.79 Å². The van der Waals surface area contributed by atoms with Gasteiger partial charge in [0.1, 0.15) is 5.82 Å². The van der Waals surface area contributed by atoms with E-state index in [-0.39, 0.29) is 18.1 Å². The molecule has 1 rings (SSSR count). The van der Waals surface area contributed by atoms with Gasteiger partial charge < -0.3 is 10.6 Å². The van der Waals surface area contributed by atoms with Gasteiger partial charge >= 0.3 is 0 Å². The molecule has 70 valence electrons. The maximum Gasteiger partial charge on any atom is 0.238 e. The minimum atomic E-state index is -0.424. The number of hydrogen-bond donors (Lipinski definition) is 2. The zero-order chi connectivity index (χ0) is 9.68. The van der Waals surface area contributed by atoms with Crippen molar-refractivity contribution in [1.29, 1.82) is 0 Å². The van der Waals surface area contributed by atoms with Crippen LogP contribution in [-0.4, -0.2) is 19.5 Å². The van der Waals surface area contributed by atoms with Gasteiger partial charge in [0.2, 0.25) is 5.91 Å². The highest BCUT2D eigenvalue weighted by molar-refractivity contribution is 5.92. The molecule has 0 saturated carbocycles. The largest absolute Gasteiger partial charge is 0.322 e. The number of nitrogens with one attached hydrogen (secondary N) is 2. The lowest BCUT2D eigenvalue weighted by atomic mass is 10.3. The van der Waals surface area contributed by atoms with Crippen molar-refractivity contribution in [3.63, 3.8) is 0 Å². The Kier molecular flexibility index (Phi) is 3.40. The summed E-state index contributed by atoms with van der Waals surface area (Å²) in [7, 11) is 1.65. The van der Waals surface area contributed by atoms with Gasteiger partial charge in [0.05, 0.1) is 12.2 Å². The molecule has 0 saturated heterocycles. The minimum Gasteiger partial charge on any atom is -0.322 e. The molecule has 0 heterocycles. The summed E-state index contributed by atoms with van der Waals surface area (Å²) < 4.78 is 13.0. The van der Waals surface area contributed by atoms with Gasteiger partial charge in [-0.1, -0.05) is 12.1 Å². The summed E-state index contributed by atoms with van der Waals surface area (Å²) in [6.45, 7) is 0.175. The van der Waals surface area contributed by atoms with Crippen molar-refractivity contribution in [2.24, 2.45) is 0 Å². The second kappa shape index (κ2) is 4.57. The molecule has 0 bridgehead atoms. The Hall–Kier alpha value is -1.42. The molecule has 1 amide bonds. The number of halogens is 1. The Morgan fingerprint density at radius 1 is 1.46 bits per heavy atom. The molecule has 4 heteroatoms. The number of benzene rings is 1. The molecule has 3 nitrogen and oxygen atoms in total. The fourth-order valence-corrected chi connectivity index (χ4v) is 0.918. The van der Waals surface area contributed by atoms with Gasteiger partial charge in [0, 0.05) is 0 Å². The summed E-state index contributed by atoms with van der Waals surface area (Å²) in [6, 6.07) is 6.05. The minimum absolute atomic E-state index is 0.175. The van der Waals surface area contributed by atoms with Crippen molar-refractivity contribution in [2.75, 3.05) is 18.9 Å². The molecule has 0 aliphatic rings. The lowest BCUT2D eigenvalue weighted by Gasteiger charge is -2.04. The van der Waals surface area contributed by atoms with E-state index in [4.69, 9.17) is 0 Å². The van der Waals surface area contributed by atoms with Crippen LogP contribution in [0.1, 0.15) is 0 Å². The van der Waals surface area contributed by atoms with Crippen LogP contribution in [0, 0.1) is 5.82 Å². The van der Waals surface area contributed by atoms with Crippen LogP contribution in [0.4, 0.5) is 10.1 Å². The summed E-state index contributed by atoms with van der Waals surface area (Å²) in [5.74, 6) is -0.681. The highest BCUT2D eigenvalue weighted by Gasteiger charge is 2.03. The van der Waals surface area contributed by atoms with Crippen molar-refractivity contribution >= 4 is 11.6 Å². The molecule has 1 aromatic rings. The van der Waals surface area contributed by atoms with Crippen molar-refractivity contribution < 1.29 is 9.18 Å². The number of carbonyl (C=O) groups is 1. The van der Waals surface area contributed by atoms with Crippen LogP contribution < -0.4 is 10.6 Å². The third kappa shape index (κ3) is 2.83. The maximum absolute atomic E-state index is 13.0. The fourth-order valence-electron chi connectivity index (χ4n) is 0.918. The third-order valence-corrected chi connectivity index (χ3v) is 1.49. The van der Waals surface area contributed by atoms with E-state index in [1.54, 1.807) is 19.2 Å². The van der Waals surface area contributed by atoms with E-state index >= 15 is 0 Å². The Labute approximate surface area is 76.0 Å². The first-order valence-corrected chi connectivity index (χ1v) is 3.93. The smallest absolute Gasteiger partial charge is 0.238 e. The third-order valence-electron chi connectivity index (χ3n) is 1.49. The SMILES string of the molecule is CNCC(=O)Nc1ccccc1F. The molecule has 0 unspecified atom stereocenters. The van der Waals surface area contributed by atoms with E-state index in [1.165, 1.54) is 12.1 Å². The van der Waals surface area contributed by atoms with Crippen LogP contribution in [0.15, 0.2) is 24.3 Å². The molecule has 0 fully saturated rings. The van der Waals surface area contributed by atoms with Crippen LogP contribution in [0.3, 0.4) is 0 Å². The number of amides is 1. The lowest BCUT2D eigenvalue weighted by molar-refractivity contribution is -0.115. The van der Waals surface area contributed by atoms with Crippen molar-refractivity contribution in [3.05, 3.63) is 30.1 Å². The predicted octanol–water partition coefficient (Wildman–Crippen LogP) is 0.984. The number of rotatable bonds is 3. The van der Waals surface area contributed by atoms with E-state index in [9.17, 15) is 9.18 Å². The van der Waals surface area contributed by atoms with E-state index < -0.39 is 5.82 Å². The summed E-state index contributed by atoms with van der Waals surface area (Å²) >= 11 is 0. The Bertz CT molecular complexity index is 301. The lowest BCUT2D eigenvalue weighted by Crippen LogP contribution is -2.25. The van der Waals surface area contributed by atoms with Crippen LogP contribution >= 0.6 is 0 Å². The van der Waals surface area contributed by atoms with Gasteiger partial charge in [-0.05, 0) is 19.2 Å². The summed E-state index contributed by atoms with van der Waals surface area (Å²) in [5, 5.41) is 5.11. The van der Waals surface area contributed by atoms with E-state index in [1.807, 2.05) is 0 Å². The van der Waals surface area contributed by atoms with Gasteiger partial charge in [0.15, 0.2) is 0 Å². The first-order chi connectivity index (χ1) is 6.24. The zero-order valence-corrected chi connectivity index (χ0v) is 7.30. The second-order valence-corrected chi connectivity index (χ2v) is 2.56. The molecule has 0 aromatic heterocycles. The Morgan fingerprint density at radius 2 is 2.15 bits per heavy atom. The normalized spacial score (nSPS) is 9.69. The molecule has 13 heavy (non-hydrogen) atoms. The quantitative estimate of drug-likeness (QED) is 0.731. The molecule has 0 aliphatic heterocycles. The number of para-hydroxylation sites is 1. The highest BCUT2D eigenvalue weighted by Crippen LogP contribution is 2.11. The molecule has 2 N–H and O–H groups in total. The maximum atomic E-state index is 13.0. The number of likely N-dealkylation sites (N-methyl/N-ethyl adjacent to an activating group) is 1. The van der Waals surface area contributed by atoms with Crippen molar-refractivity contribution in [1.82, 2.24) is 5.32 Å². The average molecular weight is 182 g/mol. The second-order valence-electron chi connectivity index (χ2n) is 2.56. The number of hydrogen-bond acceptors (Lipinski definition) is 2. The van der Waals surface area contributed by atoms with Crippen molar-refractivity contribution in [2.45, 2.75) is 0 Å². The van der Waals surface area contributed by atoms with E-state index in [2.05, 4.69) is 10.6 Å². The number of carbonyl (C=O) groups excluding carboxylic acids is 1. The van der Waals surface area contributed by atoms with Gasteiger partial charge in [-0.15, -0.1) is 0 Å². The first kappa shape index (κ1) is 9.67. The molecule has 0 aliphatic carbocycles. The predicted molar refractivity (Wildman–Crippen MR) is 49.0 cm³/mol. The Morgan fingerprint density at radius 3 is 2.77 bits per heavy atom. The molecular weight excluding hydrogens is 171 g/mol. The molecule has 0 atom stereocenters. The number of anilines is 1. The molecule has 1 aromatic carbocycles. The average Bonchev–Trinajstić information content (AvgIpc) is 2.09. The van der Waals surface area contributed by atoms with E-state index in [0.29, 0.717) is 0 Å². The van der Waals surface area contributed by atoms with Crippen LogP contribution in [0.25, 0.3) is 0 Å². The first-order valence-electron chi connectivity index (χ1n) is 3.93. The van der Waals surface area contributed by atoms with Gasteiger partial charge in [-0.25, -0.2) is 4.39 Å². The van der Waals surface area contributed by atoms with Crippen LogP contribution in [0.2, 0.25) is 0 Å². The van der Waals surface area contributed by atoms with E-state index in [0.717, 1.165) is 0 Å². The van der Waals surface area contributed by atoms with Gasteiger partial charge in [0.25, 0.3) is 0 Å². The molecule has 0 radical (unpaired) electrons. The zero-order valence-electron chi connectivity index (χ0n) is 7.30. The van der Waals surface area contributed by atoms with Gasteiger partial charge in [-0.3, -0.25) is 4.79 Å². The molecule has 0 spiro atoms. The summed E-state index contributed by atoms with van der Waals surface area (Å²) in [4.78, 5) is 11.0. The topological polar surface area (TPSA) is 41.1 Å². The standard InChI is InChI=1S/C9H11FN2O/c1-11-6-9(13)12-8-5-3-2-4-7(8)10/h2-5,11H,6H2,1H3,(H,12,13). The monoisotopic (exact) mass is 182 g/mol.